The molecule has 2 aromatic rings. The highest BCUT2D eigenvalue weighted by molar-refractivity contribution is 7.07. The van der Waals surface area contributed by atoms with Gasteiger partial charge in [0.2, 0.25) is 0 Å². The van der Waals surface area contributed by atoms with Crippen LogP contribution in [0.4, 0.5) is 0 Å². The molecule has 19 heavy (non-hydrogen) atoms. The van der Waals surface area contributed by atoms with Crippen LogP contribution in [0, 0.1) is 0 Å². The minimum absolute atomic E-state index is 0.337. The van der Waals surface area contributed by atoms with E-state index >= 15 is 0 Å². The summed E-state index contributed by atoms with van der Waals surface area (Å²) in [6.45, 7) is 2.95. The van der Waals surface area contributed by atoms with Gasteiger partial charge in [0.05, 0.1) is 14.2 Å². The fraction of sp³-hybridized carbons (Fsp3) is 0.333. The minimum atomic E-state index is 0.337. The molecule has 0 aliphatic carbocycles. The molecule has 1 aromatic heterocycles. The van der Waals surface area contributed by atoms with Crippen molar-refractivity contribution in [2.24, 2.45) is 0 Å². The van der Waals surface area contributed by atoms with Gasteiger partial charge < -0.3 is 14.8 Å². The molecule has 0 saturated heterocycles. The van der Waals surface area contributed by atoms with E-state index in [0.29, 0.717) is 6.04 Å². The Labute approximate surface area is 118 Å². The Balaban J connectivity index is 2.02. The molecule has 1 atom stereocenters. The van der Waals surface area contributed by atoms with Gasteiger partial charge in [-0.15, -0.1) is 0 Å². The van der Waals surface area contributed by atoms with E-state index in [1.807, 2.05) is 18.2 Å². The lowest BCUT2D eigenvalue weighted by Crippen LogP contribution is -2.17. The number of hydrogen-bond donors (Lipinski definition) is 1. The van der Waals surface area contributed by atoms with E-state index in [9.17, 15) is 0 Å². The zero-order valence-corrected chi connectivity index (χ0v) is 12.3. The van der Waals surface area contributed by atoms with Crippen LogP contribution in [0.3, 0.4) is 0 Å². The van der Waals surface area contributed by atoms with Crippen molar-refractivity contribution in [1.82, 2.24) is 5.32 Å². The normalized spacial score (nSPS) is 12.2. The summed E-state index contributed by atoms with van der Waals surface area (Å²) in [4.78, 5) is 0. The molecule has 0 aliphatic heterocycles. The van der Waals surface area contributed by atoms with Crippen LogP contribution in [0.1, 0.15) is 24.1 Å². The molecule has 0 bridgehead atoms. The van der Waals surface area contributed by atoms with Gasteiger partial charge in [0.1, 0.15) is 11.5 Å². The van der Waals surface area contributed by atoms with Gasteiger partial charge in [-0.25, -0.2) is 0 Å². The van der Waals surface area contributed by atoms with Crippen LogP contribution in [-0.4, -0.2) is 14.2 Å². The van der Waals surface area contributed by atoms with E-state index in [4.69, 9.17) is 9.47 Å². The first-order valence-corrected chi connectivity index (χ1v) is 7.14. The molecule has 3 nitrogen and oxygen atoms in total. The summed E-state index contributed by atoms with van der Waals surface area (Å²) in [5.74, 6) is 1.64. The monoisotopic (exact) mass is 277 g/mol. The predicted molar refractivity (Wildman–Crippen MR) is 79.1 cm³/mol. The Kier molecular flexibility index (Phi) is 4.82. The van der Waals surface area contributed by atoms with Gasteiger partial charge in [-0.3, -0.25) is 0 Å². The van der Waals surface area contributed by atoms with Crippen LogP contribution in [0.2, 0.25) is 0 Å². The summed E-state index contributed by atoms with van der Waals surface area (Å²) in [5.41, 5.74) is 2.47. The van der Waals surface area contributed by atoms with Gasteiger partial charge in [-0.2, -0.15) is 11.3 Å². The van der Waals surface area contributed by atoms with Crippen LogP contribution >= 0.6 is 11.3 Å². The number of methoxy groups -OCH3 is 2. The standard InChI is InChI=1S/C15H19NO2S/c1-11(13-4-5-19-10-13)16-9-12-6-14(17-2)8-15(7-12)18-3/h4-8,10-11,16H,9H2,1-3H3. The Morgan fingerprint density at radius 3 is 2.37 bits per heavy atom. The molecule has 102 valence electrons. The van der Waals surface area contributed by atoms with Gasteiger partial charge in [-0.05, 0) is 47.0 Å². The molecule has 1 unspecified atom stereocenters. The summed E-state index contributed by atoms with van der Waals surface area (Å²) in [6.07, 6.45) is 0. The third kappa shape index (κ3) is 3.72. The number of rotatable bonds is 6. The molecular formula is C15H19NO2S. The Bertz CT molecular complexity index is 489. The van der Waals surface area contributed by atoms with Crippen molar-refractivity contribution in [3.63, 3.8) is 0 Å². The molecule has 0 radical (unpaired) electrons. The molecule has 4 heteroatoms. The van der Waals surface area contributed by atoms with Gasteiger partial charge >= 0.3 is 0 Å². The maximum atomic E-state index is 5.27. The van der Waals surface area contributed by atoms with Crippen molar-refractivity contribution < 1.29 is 9.47 Å². The predicted octanol–water partition coefficient (Wildman–Crippen LogP) is 3.62. The van der Waals surface area contributed by atoms with Gasteiger partial charge in [0, 0.05) is 18.7 Å². The number of ether oxygens (including phenoxy) is 2. The molecular weight excluding hydrogens is 258 g/mol. The summed E-state index contributed by atoms with van der Waals surface area (Å²) >= 11 is 1.72. The molecule has 1 N–H and O–H groups in total. The fourth-order valence-corrected chi connectivity index (χ4v) is 2.63. The van der Waals surface area contributed by atoms with Crippen molar-refractivity contribution in [3.05, 3.63) is 46.2 Å². The second kappa shape index (κ2) is 6.59. The number of nitrogens with one attached hydrogen (secondary N) is 1. The lowest BCUT2D eigenvalue weighted by atomic mass is 10.1. The van der Waals surface area contributed by atoms with Crippen LogP contribution in [0.25, 0.3) is 0 Å². The average Bonchev–Trinajstić information content (AvgIpc) is 2.98. The summed E-state index contributed by atoms with van der Waals surface area (Å²) in [7, 11) is 3.33. The van der Waals surface area contributed by atoms with E-state index in [0.717, 1.165) is 23.6 Å². The topological polar surface area (TPSA) is 30.5 Å². The lowest BCUT2D eigenvalue weighted by Gasteiger charge is -2.14. The highest BCUT2D eigenvalue weighted by Gasteiger charge is 2.06. The quantitative estimate of drug-likeness (QED) is 0.875. The molecule has 2 rings (SSSR count). The van der Waals surface area contributed by atoms with Crippen LogP contribution in [0.5, 0.6) is 11.5 Å². The summed E-state index contributed by atoms with van der Waals surface area (Å²) in [5, 5.41) is 7.77. The molecule has 0 saturated carbocycles. The fourth-order valence-electron chi connectivity index (χ4n) is 1.88. The second-order valence-corrected chi connectivity index (χ2v) is 5.16. The van der Waals surface area contributed by atoms with Crippen molar-refractivity contribution in [3.8, 4) is 11.5 Å². The molecule has 1 heterocycles. The average molecular weight is 277 g/mol. The zero-order chi connectivity index (χ0) is 13.7. The largest absolute Gasteiger partial charge is 0.497 e. The molecule has 0 amide bonds. The van der Waals surface area contributed by atoms with Gasteiger partial charge in [0.25, 0.3) is 0 Å². The van der Waals surface area contributed by atoms with Crippen molar-refractivity contribution >= 4 is 11.3 Å². The van der Waals surface area contributed by atoms with E-state index in [-0.39, 0.29) is 0 Å². The first-order chi connectivity index (χ1) is 9.22. The highest BCUT2D eigenvalue weighted by Crippen LogP contribution is 2.23. The first kappa shape index (κ1) is 13.9. The summed E-state index contributed by atoms with van der Waals surface area (Å²) in [6, 6.07) is 8.41. The second-order valence-electron chi connectivity index (χ2n) is 4.38. The number of benzene rings is 1. The number of thiophene rings is 1. The van der Waals surface area contributed by atoms with E-state index in [1.165, 1.54) is 5.56 Å². The maximum absolute atomic E-state index is 5.27. The third-order valence-electron chi connectivity index (χ3n) is 3.07. The van der Waals surface area contributed by atoms with Crippen molar-refractivity contribution in [2.45, 2.75) is 19.5 Å². The molecule has 0 fully saturated rings. The lowest BCUT2D eigenvalue weighted by molar-refractivity contribution is 0.392. The van der Waals surface area contributed by atoms with E-state index in [2.05, 4.69) is 29.1 Å². The Hall–Kier alpha value is -1.52. The SMILES string of the molecule is COc1cc(CNC(C)c2ccsc2)cc(OC)c1. The van der Waals surface area contributed by atoms with Crippen LogP contribution < -0.4 is 14.8 Å². The Morgan fingerprint density at radius 1 is 1.16 bits per heavy atom. The maximum Gasteiger partial charge on any atom is 0.122 e. The Morgan fingerprint density at radius 2 is 1.84 bits per heavy atom. The molecule has 0 spiro atoms. The summed E-state index contributed by atoms with van der Waals surface area (Å²) < 4.78 is 10.5. The van der Waals surface area contributed by atoms with E-state index in [1.54, 1.807) is 25.6 Å². The zero-order valence-electron chi connectivity index (χ0n) is 11.5. The third-order valence-corrected chi connectivity index (χ3v) is 3.77. The van der Waals surface area contributed by atoms with E-state index < -0.39 is 0 Å². The molecule has 1 aromatic carbocycles. The first-order valence-electron chi connectivity index (χ1n) is 6.20. The van der Waals surface area contributed by atoms with Gasteiger partial charge in [-0.1, -0.05) is 0 Å². The highest BCUT2D eigenvalue weighted by atomic mass is 32.1. The van der Waals surface area contributed by atoms with Gasteiger partial charge in [0.15, 0.2) is 0 Å². The smallest absolute Gasteiger partial charge is 0.122 e. The molecule has 0 aliphatic rings. The minimum Gasteiger partial charge on any atom is -0.497 e. The van der Waals surface area contributed by atoms with Crippen molar-refractivity contribution in [1.29, 1.82) is 0 Å². The number of hydrogen-bond acceptors (Lipinski definition) is 4. The van der Waals surface area contributed by atoms with Crippen molar-refractivity contribution in [2.75, 3.05) is 14.2 Å². The van der Waals surface area contributed by atoms with Crippen LogP contribution in [0.15, 0.2) is 35.0 Å². The van der Waals surface area contributed by atoms with Crippen LogP contribution in [-0.2, 0) is 6.54 Å².